The second-order valence-electron chi connectivity index (χ2n) is 10.2. The lowest BCUT2D eigenvalue weighted by molar-refractivity contribution is -0.803. The summed E-state index contributed by atoms with van der Waals surface area (Å²) < 4.78 is 0.0883. The fourth-order valence-corrected chi connectivity index (χ4v) is 4.79. The minimum atomic E-state index is -0.867. The van der Waals surface area contributed by atoms with Crippen molar-refractivity contribution in [1.29, 1.82) is 0 Å². The lowest BCUT2D eigenvalue weighted by Crippen LogP contribution is -2.58. The van der Waals surface area contributed by atoms with Crippen LogP contribution in [-0.2, 0) is 4.79 Å². The summed E-state index contributed by atoms with van der Waals surface area (Å²) in [4.78, 5) is 15.6. The van der Waals surface area contributed by atoms with Crippen LogP contribution in [0.3, 0.4) is 0 Å². The highest BCUT2D eigenvalue weighted by atomic mass is 16.4. The summed E-state index contributed by atoms with van der Waals surface area (Å²) in [6, 6.07) is 0. The second-order valence-corrected chi connectivity index (χ2v) is 10.2. The van der Waals surface area contributed by atoms with Crippen LogP contribution in [0.2, 0.25) is 0 Å². The Kier molecular flexibility index (Phi) is 17.8. The van der Waals surface area contributed by atoms with Gasteiger partial charge in [0.15, 0.2) is 6.54 Å². The number of aliphatic imine (C=N–C) groups is 1. The van der Waals surface area contributed by atoms with Gasteiger partial charge in [0, 0.05) is 13.0 Å². The van der Waals surface area contributed by atoms with E-state index in [1.54, 1.807) is 12.4 Å². The largest absolute Gasteiger partial charge is 0.477 e. The van der Waals surface area contributed by atoms with Crippen molar-refractivity contribution in [2.24, 2.45) is 10.7 Å². The first-order valence-corrected chi connectivity index (χ1v) is 14.3. The Hall–Kier alpha value is -1.46. The number of carbonyl (C=O) groups is 1. The van der Waals surface area contributed by atoms with Gasteiger partial charge < -0.3 is 5.11 Å². The third-order valence-electron chi connectivity index (χ3n) is 7.08. The molecule has 196 valence electrons. The third kappa shape index (κ3) is 13.4. The van der Waals surface area contributed by atoms with Crippen molar-refractivity contribution in [3.8, 4) is 0 Å². The molecule has 34 heavy (non-hydrogen) atoms. The van der Waals surface area contributed by atoms with Gasteiger partial charge in [0.1, 0.15) is 12.4 Å². The van der Waals surface area contributed by atoms with Gasteiger partial charge in [-0.2, -0.15) is 4.99 Å². The molecular weight excluding hydrogens is 422 g/mol. The zero-order valence-electron chi connectivity index (χ0n) is 22.4. The standard InChI is InChI=1S/C29H53N3O2/c1-3-4-5-6-7-8-9-10-11-12-13-14-15-16-17-18-19-20-21-22-23-28-31-24-25-32(28,27(2)30)26-29(33)34/h22-25,27H,3-21,26,30H2,1-2H3/p+1/b23-22+. The minimum Gasteiger partial charge on any atom is -0.477 e. The van der Waals surface area contributed by atoms with Gasteiger partial charge in [0.05, 0.1) is 6.20 Å². The molecule has 2 atom stereocenters. The highest BCUT2D eigenvalue weighted by Crippen LogP contribution is 2.21. The summed E-state index contributed by atoms with van der Waals surface area (Å²) in [5, 5.41) is 9.26. The number of hydrogen-bond acceptors (Lipinski definition) is 3. The van der Waals surface area contributed by atoms with Crippen molar-refractivity contribution in [3.05, 3.63) is 24.6 Å². The van der Waals surface area contributed by atoms with E-state index in [1.165, 1.54) is 116 Å². The summed E-state index contributed by atoms with van der Waals surface area (Å²) >= 11 is 0. The molecule has 0 saturated carbocycles. The Morgan fingerprint density at radius 2 is 1.32 bits per heavy atom. The number of carboxylic acid groups (broad SMARTS) is 1. The van der Waals surface area contributed by atoms with Crippen LogP contribution in [0.5, 0.6) is 0 Å². The number of aliphatic carboxylic acids is 1. The topological polar surface area (TPSA) is 75.7 Å². The van der Waals surface area contributed by atoms with E-state index in [4.69, 9.17) is 5.73 Å². The number of rotatable bonds is 23. The van der Waals surface area contributed by atoms with Crippen LogP contribution in [0.4, 0.5) is 0 Å². The van der Waals surface area contributed by atoms with Gasteiger partial charge in [-0.25, -0.2) is 9.28 Å². The maximum absolute atomic E-state index is 11.3. The molecule has 0 bridgehead atoms. The molecule has 0 amide bonds. The van der Waals surface area contributed by atoms with Crippen molar-refractivity contribution in [3.63, 3.8) is 0 Å². The first kappa shape index (κ1) is 30.6. The van der Waals surface area contributed by atoms with Crippen LogP contribution in [0.1, 0.15) is 136 Å². The van der Waals surface area contributed by atoms with E-state index in [-0.39, 0.29) is 17.2 Å². The van der Waals surface area contributed by atoms with Crippen LogP contribution >= 0.6 is 0 Å². The van der Waals surface area contributed by atoms with E-state index in [0.29, 0.717) is 0 Å². The lowest BCUT2D eigenvalue weighted by Gasteiger charge is -2.33. The van der Waals surface area contributed by atoms with E-state index < -0.39 is 5.97 Å². The maximum Gasteiger partial charge on any atom is 0.360 e. The summed E-state index contributed by atoms with van der Waals surface area (Å²) in [6.45, 7) is 4.04. The predicted molar refractivity (Wildman–Crippen MR) is 146 cm³/mol. The minimum absolute atomic E-state index is 0.0729. The van der Waals surface area contributed by atoms with Crippen LogP contribution in [-0.4, -0.2) is 34.1 Å². The lowest BCUT2D eigenvalue weighted by atomic mass is 10.0. The molecule has 0 aromatic rings. The van der Waals surface area contributed by atoms with Crippen molar-refractivity contribution in [1.82, 2.24) is 0 Å². The molecule has 2 unspecified atom stereocenters. The molecule has 1 heterocycles. The van der Waals surface area contributed by atoms with Gasteiger partial charge in [0.2, 0.25) is 5.84 Å². The molecule has 5 heteroatoms. The number of nitrogens with two attached hydrogens (primary N) is 1. The number of quaternary nitrogens is 1. The highest BCUT2D eigenvalue weighted by Gasteiger charge is 2.40. The summed E-state index contributed by atoms with van der Waals surface area (Å²) in [5.41, 5.74) is 6.09. The Bertz CT molecular complexity index is 612. The van der Waals surface area contributed by atoms with Gasteiger partial charge in [-0.15, -0.1) is 0 Å². The monoisotopic (exact) mass is 476 g/mol. The quantitative estimate of drug-likeness (QED) is 0.116. The zero-order valence-corrected chi connectivity index (χ0v) is 22.4. The zero-order chi connectivity index (χ0) is 24.9. The van der Waals surface area contributed by atoms with E-state index in [0.717, 1.165) is 12.3 Å². The van der Waals surface area contributed by atoms with E-state index in [1.807, 2.05) is 13.0 Å². The maximum atomic E-state index is 11.3. The number of carboxylic acids is 1. The number of hydrogen-bond donors (Lipinski definition) is 2. The Morgan fingerprint density at radius 1 is 0.882 bits per heavy atom. The summed E-state index contributed by atoms with van der Waals surface area (Å²) in [5.74, 6) is -0.145. The first-order chi connectivity index (χ1) is 16.5. The second kappa shape index (κ2) is 19.8. The fraction of sp³-hybridized carbons (Fsp3) is 0.793. The van der Waals surface area contributed by atoms with Gasteiger partial charge in [-0.05, 0) is 12.8 Å². The molecule has 1 aliphatic heterocycles. The molecule has 0 radical (unpaired) electrons. The summed E-state index contributed by atoms with van der Waals surface area (Å²) in [7, 11) is 0. The van der Waals surface area contributed by atoms with E-state index in [2.05, 4.69) is 18.0 Å². The predicted octanol–water partition coefficient (Wildman–Crippen LogP) is 8.06. The molecule has 1 aliphatic rings. The molecule has 0 fully saturated rings. The molecular formula is C29H54N3O2+. The van der Waals surface area contributed by atoms with Crippen molar-refractivity contribution >= 4 is 11.8 Å². The van der Waals surface area contributed by atoms with Crippen molar-refractivity contribution < 1.29 is 14.4 Å². The molecule has 0 aromatic carbocycles. The smallest absolute Gasteiger partial charge is 0.360 e. The van der Waals surface area contributed by atoms with Crippen LogP contribution in [0.15, 0.2) is 29.5 Å². The van der Waals surface area contributed by atoms with Crippen LogP contribution < -0.4 is 5.73 Å². The first-order valence-electron chi connectivity index (χ1n) is 14.3. The third-order valence-corrected chi connectivity index (χ3v) is 7.08. The number of amidine groups is 1. The van der Waals surface area contributed by atoms with Gasteiger partial charge >= 0.3 is 5.97 Å². The highest BCUT2D eigenvalue weighted by molar-refractivity contribution is 5.90. The van der Waals surface area contributed by atoms with Gasteiger partial charge in [-0.3, -0.25) is 5.73 Å². The number of nitrogens with zero attached hydrogens (tertiary/aromatic N) is 2. The molecule has 0 spiro atoms. The van der Waals surface area contributed by atoms with Gasteiger partial charge in [-0.1, -0.05) is 122 Å². The molecule has 3 N–H and O–H groups in total. The Balaban J connectivity index is 1.93. The molecule has 0 aromatic heterocycles. The molecule has 1 rings (SSSR count). The van der Waals surface area contributed by atoms with E-state index >= 15 is 0 Å². The van der Waals surface area contributed by atoms with Gasteiger partial charge in [0.25, 0.3) is 0 Å². The Morgan fingerprint density at radius 3 is 1.74 bits per heavy atom. The fourth-order valence-electron chi connectivity index (χ4n) is 4.79. The molecule has 5 nitrogen and oxygen atoms in total. The molecule has 0 saturated heterocycles. The van der Waals surface area contributed by atoms with Crippen LogP contribution in [0, 0.1) is 0 Å². The van der Waals surface area contributed by atoms with Crippen molar-refractivity contribution in [2.45, 2.75) is 142 Å². The average Bonchev–Trinajstić information content (AvgIpc) is 3.20. The Labute approximate surface area is 210 Å². The van der Waals surface area contributed by atoms with Crippen molar-refractivity contribution in [2.75, 3.05) is 6.54 Å². The number of unbranched alkanes of at least 4 members (excludes halogenated alkanes) is 18. The summed E-state index contributed by atoms with van der Waals surface area (Å²) in [6.07, 6.45) is 33.2. The average molecular weight is 477 g/mol. The molecule has 0 aliphatic carbocycles. The van der Waals surface area contributed by atoms with E-state index in [9.17, 15) is 9.90 Å². The van der Waals surface area contributed by atoms with Crippen LogP contribution in [0.25, 0.3) is 0 Å². The normalized spacial score (nSPS) is 18.6. The SMILES string of the molecule is CCCCCCCCCCCCCCCCCCCC/C=C/C1=NC=C[N+]1(CC(=O)O)C(C)N. The number of allylic oxidation sites excluding steroid dienone is 1.